The molecule has 2 aromatic carbocycles. The molecule has 5 heteroatoms. The lowest BCUT2D eigenvalue weighted by Gasteiger charge is -2.09. The standard InChI is InChI=1S/C20H18FN3O/c1-14-6-8-15(9-7-14)11-23-20(25)16-10-17(13-22-12-16)24-19-5-3-2-4-18(19)21/h2-10,12-13,24H,11H2,1H3,(H,23,25). The summed E-state index contributed by atoms with van der Waals surface area (Å²) in [7, 11) is 0. The van der Waals surface area contributed by atoms with Crippen LogP contribution in [0.15, 0.2) is 67.0 Å². The van der Waals surface area contributed by atoms with Gasteiger partial charge in [0.25, 0.3) is 5.91 Å². The van der Waals surface area contributed by atoms with E-state index >= 15 is 0 Å². The van der Waals surface area contributed by atoms with Crippen LogP contribution in [0, 0.1) is 12.7 Å². The Balaban J connectivity index is 1.67. The third-order valence-corrected chi connectivity index (χ3v) is 3.73. The van der Waals surface area contributed by atoms with Crippen molar-refractivity contribution in [1.82, 2.24) is 10.3 Å². The van der Waals surface area contributed by atoms with Gasteiger partial charge in [0.1, 0.15) is 5.82 Å². The van der Waals surface area contributed by atoms with Crippen molar-refractivity contribution in [3.8, 4) is 0 Å². The molecule has 0 aliphatic carbocycles. The fraction of sp³-hybridized carbons (Fsp3) is 0.100. The summed E-state index contributed by atoms with van der Waals surface area (Å²) in [4.78, 5) is 16.4. The Hall–Kier alpha value is -3.21. The average Bonchev–Trinajstić information content (AvgIpc) is 2.63. The van der Waals surface area contributed by atoms with Gasteiger partial charge in [0, 0.05) is 12.7 Å². The number of hydrogen-bond donors (Lipinski definition) is 2. The van der Waals surface area contributed by atoms with Crippen LogP contribution in [0.5, 0.6) is 0 Å². The maximum Gasteiger partial charge on any atom is 0.253 e. The summed E-state index contributed by atoms with van der Waals surface area (Å²) in [5.74, 6) is -0.595. The predicted octanol–water partition coefficient (Wildman–Crippen LogP) is 4.20. The van der Waals surface area contributed by atoms with E-state index in [4.69, 9.17) is 0 Å². The Kier molecular flexibility index (Phi) is 5.04. The first-order chi connectivity index (χ1) is 12.1. The molecule has 0 spiro atoms. The van der Waals surface area contributed by atoms with E-state index in [9.17, 15) is 9.18 Å². The van der Waals surface area contributed by atoms with Crippen molar-refractivity contribution < 1.29 is 9.18 Å². The second-order valence-electron chi connectivity index (χ2n) is 5.74. The molecule has 0 saturated carbocycles. The van der Waals surface area contributed by atoms with Gasteiger partial charge in [0.2, 0.25) is 0 Å². The number of aromatic nitrogens is 1. The Bertz CT molecular complexity index is 878. The van der Waals surface area contributed by atoms with Crippen LogP contribution in [0.4, 0.5) is 15.8 Å². The lowest BCUT2D eigenvalue weighted by molar-refractivity contribution is 0.0950. The normalized spacial score (nSPS) is 10.3. The number of pyridine rings is 1. The van der Waals surface area contributed by atoms with Crippen LogP contribution in [0.2, 0.25) is 0 Å². The molecule has 4 nitrogen and oxygen atoms in total. The van der Waals surface area contributed by atoms with Gasteiger partial charge >= 0.3 is 0 Å². The fourth-order valence-electron chi connectivity index (χ4n) is 2.34. The van der Waals surface area contributed by atoms with Gasteiger partial charge in [-0.2, -0.15) is 0 Å². The molecular formula is C20H18FN3O. The summed E-state index contributed by atoms with van der Waals surface area (Å²) in [5, 5.41) is 5.79. The zero-order valence-corrected chi connectivity index (χ0v) is 13.8. The molecule has 0 fully saturated rings. The molecular weight excluding hydrogens is 317 g/mol. The molecule has 1 amide bonds. The van der Waals surface area contributed by atoms with Crippen molar-refractivity contribution >= 4 is 17.3 Å². The summed E-state index contributed by atoms with van der Waals surface area (Å²) in [6.07, 6.45) is 3.03. The van der Waals surface area contributed by atoms with E-state index in [0.29, 0.717) is 23.5 Å². The van der Waals surface area contributed by atoms with Gasteiger partial charge < -0.3 is 10.6 Å². The largest absolute Gasteiger partial charge is 0.352 e. The summed E-state index contributed by atoms with van der Waals surface area (Å²) < 4.78 is 13.7. The number of hydrogen-bond acceptors (Lipinski definition) is 3. The van der Waals surface area contributed by atoms with Crippen LogP contribution in [0.3, 0.4) is 0 Å². The molecule has 25 heavy (non-hydrogen) atoms. The van der Waals surface area contributed by atoms with Crippen LogP contribution in [-0.2, 0) is 6.54 Å². The molecule has 2 N–H and O–H groups in total. The van der Waals surface area contributed by atoms with Crippen LogP contribution in [-0.4, -0.2) is 10.9 Å². The van der Waals surface area contributed by atoms with E-state index in [0.717, 1.165) is 5.56 Å². The predicted molar refractivity (Wildman–Crippen MR) is 96.3 cm³/mol. The summed E-state index contributed by atoms with van der Waals surface area (Å²) in [5.41, 5.74) is 3.49. The number of benzene rings is 2. The highest BCUT2D eigenvalue weighted by Crippen LogP contribution is 2.19. The lowest BCUT2D eigenvalue weighted by atomic mass is 10.1. The molecule has 1 aromatic heterocycles. The van der Waals surface area contributed by atoms with E-state index in [-0.39, 0.29) is 11.7 Å². The lowest BCUT2D eigenvalue weighted by Crippen LogP contribution is -2.23. The molecule has 126 valence electrons. The maximum absolute atomic E-state index is 13.7. The topological polar surface area (TPSA) is 54.0 Å². The minimum absolute atomic E-state index is 0.231. The number of nitrogens with zero attached hydrogens (tertiary/aromatic N) is 1. The minimum atomic E-state index is -0.364. The molecule has 0 aliphatic heterocycles. The van der Waals surface area contributed by atoms with Crippen molar-refractivity contribution in [2.75, 3.05) is 5.32 Å². The Labute approximate surface area is 145 Å². The summed E-state index contributed by atoms with van der Waals surface area (Å²) in [6, 6.07) is 15.9. The number of carbonyl (C=O) groups is 1. The van der Waals surface area contributed by atoms with Crippen molar-refractivity contribution in [2.24, 2.45) is 0 Å². The quantitative estimate of drug-likeness (QED) is 0.735. The number of para-hydroxylation sites is 1. The van der Waals surface area contributed by atoms with Gasteiger partial charge in [-0.05, 0) is 30.7 Å². The van der Waals surface area contributed by atoms with Crippen molar-refractivity contribution in [3.63, 3.8) is 0 Å². The highest BCUT2D eigenvalue weighted by molar-refractivity contribution is 5.94. The molecule has 0 aliphatic rings. The third-order valence-electron chi connectivity index (χ3n) is 3.73. The second kappa shape index (κ2) is 7.57. The number of halogens is 1. The first-order valence-corrected chi connectivity index (χ1v) is 7.92. The number of anilines is 2. The Morgan fingerprint density at radius 3 is 2.60 bits per heavy atom. The molecule has 0 radical (unpaired) electrons. The molecule has 3 aromatic rings. The summed E-state index contributed by atoms with van der Waals surface area (Å²) >= 11 is 0. The highest BCUT2D eigenvalue weighted by Gasteiger charge is 2.08. The fourth-order valence-corrected chi connectivity index (χ4v) is 2.34. The Morgan fingerprint density at radius 1 is 1.08 bits per heavy atom. The molecule has 0 saturated heterocycles. The average molecular weight is 335 g/mol. The van der Waals surface area contributed by atoms with Gasteiger partial charge in [-0.1, -0.05) is 42.0 Å². The van der Waals surface area contributed by atoms with Crippen molar-refractivity contribution in [1.29, 1.82) is 0 Å². The van der Waals surface area contributed by atoms with Gasteiger partial charge in [-0.3, -0.25) is 9.78 Å². The van der Waals surface area contributed by atoms with E-state index in [1.165, 1.54) is 17.8 Å². The Morgan fingerprint density at radius 2 is 1.84 bits per heavy atom. The molecule has 0 bridgehead atoms. The maximum atomic E-state index is 13.7. The van der Waals surface area contributed by atoms with Crippen LogP contribution in [0.25, 0.3) is 0 Å². The number of carbonyl (C=O) groups excluding carboxylic acids is 1. The molecule has 3 rings (SSSR count). The summed E-state index contributed by atoms with van der Waals surface area (Å²) in [6.45, 7) is 2.45. The van der Waals surface area contributed by atoms with E-state index in [1.807, 2.05) is 31.2 Å². The van der Waals surface area contributed by atoms with Crippen LogP contribution < -0.4 is 10.6 Å². The smallest absolute Gasteiger partial charge is 0.253 e. The number of aryl methyl sites for hydroxylation is 1. The van der Waals surface area contributed by atoms with E-state index < -0.39 is 0 Å². The van der Waals surface area contributed by atoms with Crippen LogP contribution in [0.1, 0.15) is 21.5 Å². The SMILES string of the molecule is Cc1ccc(CNC(=O)c2cncc(Nc3ccccc3F)c2)cc1. The first kappa shape index (κ1) is 16.6. The van der Waals surface area contributed by atoms with Gasteiger partial charge in [0.05, 0.1) is 23.1 Å². The zero-order valence-electron chi connectivity index (χ0n) is 13.8. The number of rotatable bonds is 5. The molecule has 0 atom stereocenters. The molecule has 1 heterocycles. The van der Waals surface area contributed by atoms with E-state index in [2.05, 4.69) is 15.6 Å². The first-order valence-electron chi connectivity index (χ1n) is 7.92. The van der Waals surface area contributed by atoms with Crippen LogP contribution >= 0.6 is 0 Å². The number of amides is 1. The van der Waals surface area contributed by atoms with E-state index in [1.54, 1.807) is 30.5 Å². The molecule has 0 unspecified atom stereocenters. The van der Waals surface area contributed by atoms with Gasteiger partial charge in [-0.25, -0.2) is 4.39 Å². The second-order valence-corrected chi connectivity index (χ2v) is 5.74. The minimum Gasteiger partial charge on any atom is -0.352 e. The number of nitrogens with one attached hydrogen (secondary N) is 2. The monoisotopic (exact) mass is 335 g/mol. The third kappa shape index (κ3) is 4.41. The van der Waals surface area contributed by atoms with Crippen molar-refractivity contribution in [3.05, 3.63) is 89.5 Å². The van der Waals surface area contributed by atoms with Gasteiger partial charge in [0.15, 0.2) is 0 Å². The zero-order chi connectivity index (χ0) is 17.6. The highest BCUT2D eigenvalue weighted by atomic mass is 19.1. The van der Waals surface area contributed by atoms with Gasteiger partial charge in [-0.15, -0.1) is 0 Å². The van der Waals surface area contributed by atoms with Crippen molar-refractivity contribution in [2.45, 2.75) is 13.5 Å².